The number of amides is 1. The summed E-state index contributed by atoms with van der Waals surface area (Å²) in [5.74, 6) is 0.322. The van der Waals surface area contributed by atoms with Crippen molar-refractivity contribution in [2.45, 2.75) is 58.2 Å². The molecule has 1 amide bonds. The molecular formula is C19H28N2O4. The summed E-state index contributed by atoms with van der Waals surface area (Å²) >= 11 is 0. The van der Waals surface area contributed by atoms with Crippen LogP contribution in [0.5, 0.6) is 11.5 Å². The van der Waals surface area contributed by atoms with E-state index in [-0.39, 0.29) is 18.2 Å². The molecular weight excluding hydrogens is 320 g/mol. The Bertz CT molecular complexity index is 610. The van der Waals surface area contributed by atoms with Gasteiger partial charge < -0.3 is 20.1 Å². The molecule has 0 spiro atoms. The van der Waals surface area contributed by atoms with Gasteiger partial charge in [-0.25, -0.2) is 0 Å². The summed E-state index contributed by atoms with van der Waals surface area (Å²) in [5, 5.41) is 5.90. The Labute approximate surface area is 149 Å². The van der Waals surface area contributed by atoms with Gasteiger partial charge in [0.15, 0.2) is 11.5 Å². The smallest absolute Gasteiger partial charge is 0.289 e. The Morgan fingerprint density at radius 2 is 1.92 bits per heavy atom. The largest absolute Gasteiger partial charge is 0.486 e. The molecule has 0 aromatic heterocycles. The fraction of sp³-hybridized carbons (Fsp3) is 0.579. The quantitative estimate of drug-likeness (QED) is 0.738. The first-order valence-electron chi connectivity index (χ1n) is 8.78. The first-order chi connectivity index (χ1) is 11.8. The average molecular weight is 348 g/mol. The van der Waals surface area contributed by atoms with Gasteiger partial charge in [-0.15, -0.1) is 0 Å². The Balaban J connectivity index is 1.87. The highest BCUT2D eigenvalue weighted by molar-refractivity contribution is 6.38. The van der Waals surface area contributed by atoms with Crippen LogP contribution in [0.2, 0.25) is 0 Å². The van der Waals surface area contributed by atoms with Crippen LogP contribution in [0, 0.1) is 0 Å². The summed E-state index contributed by atoms with van der Waals surface area (Å²) in [6, 6.07) is 6.91. The normalized spacial score (nSPS) is 17.7. The number of nitrogens with one attached hydrogen (secondary N) is 2. The van der Waals surface area contributed by atoms with Gasteiger partial charge in [-0.3, -0.25) is 9.59 Å². The number of hydrogen-bond acceptors (Lipinski definition) is 5. The molecule has 1 aromatic carbocycles. The van der Waals surface area contributed by atoms with Crippen molar-refractivity contribution in [2.24, 2.45) is 0 Å². The Morgan fingerprint density at radius 1 is 1.24 bits per heavy atom. The van der Waals surface area contributed by atoms with E-state index < -0.39 is 17.7 Å². The van der Waals surface area contributed by atoms with Crippen LogP contribution >= 0.6 is 0 Å². The molecule has 6 heteroatoms. The lowest BCUT2D eigenvalue weighted by Crippen LogP contribution is -2.53. The van der Waals surface area contributed by atoms with E-state index in [0.717, 1.165) is 6.42 Å². The molecule has 1 heterocycles. The Kier molecular flexibility index (Phi) is 6.42. The number of para-hydroxylation sites is 2. The molecule has 6 nitrogen and oxygen atoms in total. The monoisotopic (exact) mass is 348 g/mol. The lowest BCUT2D eigenvalue weighted by molar-refractivity contribution is -0.139. The molecule has 0 fully saturated rings. The van der Waals surface area contributed by atoms with Crippen LogP contribution < -0.4 is 20.1 Å². The number of fused-ring (bicyclic) bond motifs is 1. The van der Waals surface area contributed by atoms with Crippen LogP contribution in [0.15, 0.2) is 24.3 Å². The SMILES string of the molecule is CCCC(NC(C)(C)C)C(=O)C(=O)NCC1COc2ccccc2O1. The molecule has 1 aliphatic heterocycles. The van der Waals surface area contributed by atoms with Gasteiger partial charge in [-0.2, -0.15) is 0 Å². The predicted molar refractivity (Wildman–Crippen MR) is 96.0 cm³/mol. The molecule has 25 heavy (non-hydrogen) atoms. The van der Waals surface area contributed by atoms with Crippen molar-refractivity contribution in [3.8, 4) is 11.5 Å². The van der Waals surface area contributed by atoms with E-state index >= 15 is 0 Å². The summed E-state index contributed by atoms with van der Waals surface area (Å²) in [5.41, 5.74) is -0.236. The molecule has 1 aliphatic rings. The third-order valence-corrected chi connectivity index (χ3v) is 3.78. The van der Waals surface area contributed by atoms with Crippen molar-refractivity contribution >= 4 is 11.7 Å². The second-order valence-electron chi connectivity index (χ2n) is 7.31. The van der Waals surface area contributed by atoms with Gasteiger partial charge >= 0.3 is 0 Å². The Hall–Kier alpha value is -2.08. The lowest BCUT2D eigenvalue weighted by Gasteiger charge is -2.28. The highest BCUT2D eigenvalue weighted by Crippen LogP contribution is 2.30. The van der Waals surface area contributed by atoms with Gasteiger partial charge in [0.1, 0.15) is 12.7 Å². The number of carbonyl (C=O) groups is 2. The third kappa shape index (κ3) is 5.74. The van der Waals surface area contributed by atoms with Crippen LogP contribution in [0.3, 0.4) is 0 Å². The number of carbonyl (C=O) groups excluding carboxylic acids is 2. The summed E-state index contributed by atoms with van der Waals surface area (Å²) in [4.78, 5) is 24.7. The van der Waals surface area contributed by atoms with E-state index in [2.05, 4.69) is 10.6 Å². The van der Waals surface area contributed by atoms with Gasteiger partial charge in [-0.05, 0) is 39.3 Å². The van der Waals surface area contributed by atoms with Crippen molar-refractivity contribution in [1.82, 2.24) is 10.6 Å². The van der Waals surface area contributed by atoms with Crippen molar-refractivity contribution in [3.05, 3.63) is 24.3 Å². The highest BCUT2D eigenvalue weighted by Gasteiger charge is 2.29. The molecule has 0 saturated heterocycles. The summed E-state index contributed by atoms with van der Waals surface area (Å²) in [6.07, 6.45) is 1.13. The second-order valence-corrected chi connectivity index (χ2v) is 7.31. The van der Waals surface area contributed by atoms with Crippen molar-refractivity contribution < 1.29 is 19.1 Å². The van der Waals surface area contributed by atoms with E-state index in [1.807, 2.05) is 52.0 Å². The second kappa shape index (κ2) is 8.34. The molecule has 0 radical (unpaired) electrons. The van der Waals surface area contributed by atoms with E-state index in [0.29, 0.717) is 24.5 Å². The molecule has 2 atom stereocenters. The number of rotatable bonds is 7. The van der Waals surface area contributed by atoms with E-state index in [1.165, 1.54) is 0 Å². The van der Waals surface area contributed by atoms with E-state index in [4.69, 9.17) is 9.47 Å². The van der Waals surface area contributed by atoms with Crippen LogP contribution in [-0.2, 0) is 9.59 Å². The summed E-state index contributed by atoms with van der Waals surface area (Å²) in [6.45, 7) is 8.49. The molecule has 2 unspecified atom stereocenters. The highest BCUT2D eigenvalue weighted by atomic mass is 16.6. The van der Waals surface area contributed by atoms with Crippen molar-refractivity contribution in [1.29, 1.82) is 0 Å². The number of benzene rings is 1. The number of ether oxygens (including phenoxy) is 2. The standard InChI is InChI=1S/C19H28N2O4/c1-5-8-14(21-19(2,3)4)17(22)18(23)20-11-13-12-24-15-9-6-7-10-16(15)25-13/h6-7,9-10,13-14,21H,5,8,11-12H2,1-4H3,(H,20,23). The zero-order valence-corrected chi connectivity index (χ0v) is 15.4. The summed E-state index contributed by atoms with van der Waals surface area (Å²) in [7, 11) is 0. The summed E-state index contributed by atoms with van der Waals surface area (Å²) < 4.78 is 11.4. The maximum absolute atomic E-state index is 12.4. The average Bonchev–Trinajstić information content (AvgIpc) is 2.57. The van der Waals surface area contributed by atoms with Gasteiger partial charge in [-0.1, -0.05) is 25.5 Å². The van der Waals surface area contributed by atoms with Crippen molar-refractivity contribution in [2.75, 3.05) is 13.2 Å². The molecule has 2 N–H and O–H groups in total. The lowest BCUT2D eigenvalue weighted by atomic mass is 10.0. The van der Waals surface area contributed by atoms with Gasteiger partial charge in [0.05, 0.1) is 12.6 Å². The first-order valence-corrected chi connectivity index (χ1v) is 8.78. The maximum atomic E-state index is 12.4. The van der Waals surface area contributed by atoms with Crippen LogP contribution in [0.4, 0.5) is 0 Å². The predicted octanol–water partition coefficient (Wildman–Crippen LogP) is 2.07. The minimum Gasteiger partial charge on any atom is -0.486 e. The van der Waals surface area contributed by atoms with Crippen molar-refractivity contribution in [3.63, 3.8) is 0 Å². The Morgan fingerprint density at radius 3 is 2.56 bits per heavy atom. The zero-order valence-electron chi connectivity index (χ0n) is 15.4. The fourth-order valence-corrected chi connectivity index (χ4v) is 2.70. The number of hydrogen-bond donors (Lipinski definition) is 2. The molecule has 0 bridgehead atoms. The molecule has 0 aliphatic carbocycles. The van der Waals surface area contributed by atoms with Crippen LogP contribution in [0.25, 0.3) is 0 Å². The third-order valence-electron chi connectivity index (χ3n) is 3.78. The molecule has 2 rings (SSSR count). The topological polar surface area (TPSA) is 76.7 Å². The van der Waals surface area contributed by atoms with Gasteiger partial charge in [0.25, 0.3) is 5.91 Å². The zero-order chi connectivity index (χ0) is 18.4. The number of ketones is 1. The van der Waals surface area contributed by atoms with E-state index in [1.54, 1.807) is 0 Å². The minimum absolute atomic E-state index is 0.229. The van der Waals surface area contributed by atoms with Gasteiger partial charge in [0.2, 0.25) is 5.78 Å². The maximum Gasteiger partial charge on any atom is 0.289 e. The first kappa shape index (κ1) is 19.2. The number of Topliss-reactive ketones (excluding diaryl/α,β-unsaturated/α-hetero) is 1. The molecule has 0 saturated carbocycles. The molecule has 1 aromatic rings. The van der Waals surface area contributed by atoms with Crippen LogP contribution in [0.1, 0.15) is 40.5 Å². The van der Waals surface area contributed by atoms with Crippen LogP contribution in [-0.4, -0.2) is 42.5 Å². The fourth-order valence-electron chi connectivity index (χ4n) is 2.70. The molecule has 138 valence electrons. The minimum atomic E-state index is -0.586. The van der Waals surface area contributed by atoms with E-state index in [9.17, 15) is 9.59 Å². The van der Waals surface area contributed by atoms with Gasteiger partial charge in [0, 0.05) is 5.54 Å².